The molecule has 0 unspecified atom stereocenters. The molecule has 0 saturated heterocycles. The molecule has 0 spiro atoms. The molecule has 1 heterocycles. The average Bonchev–Trinajstić information content (AvgIpc) is 3.49. The first-order chi connectivity index (χ1) is 13.1. The molecule has 4 fully saturated rings. The third-order valence-corrected chi connectivity index (χ3v) is 7.50. The molecule has 4 aliphatic rings. The predicted octanol–water partition coefficient (Wildman–Crippen LogP) is 5.55. The summed E-state index contributed by atoms with van der Waals surface area (Å²) in [5.41, 5.74) is 5.38. The number of nitrogens with one attached hydrogen (secondary N) is 1. The van der Waals surface area contributed by atoms with Gasteiger partial charge in [-0.3, -0.25) is 4.68 Å². The average molecular weight is 361 g/mol. The molecular weight excluding hydrogens is 332 g/mol. The highest BCUT2D eigenvalue weighted by Crippen LogP contribution is 2.58. The molecule has 6 rings (SSSR count). The van der Waals surface area contributed by atoms with Gasteiger partial charge in [-0.15, -0.1) is 0 Å². The fourth-order valence-corrected chi connectivity index (χ4v) is 5.39. The van der Waals surface area contributed by atoms with Crippen LogP contribution in [-0.4, -0.2) is 16.3 Å². The van der Waals surface area contributed by atoms with Gasteiger partial charge in [0.2, 0.25) is 0 Å². The fourth-order valence-electron chi connectivity index (χ4n) is 5.39. The number of fused-ring (bicyclic) bond motifs is 3. The molecular formula is C23H28N4. The molecule has 4 heteroatoms. The lowest BCUT2D eigenvalue weighted by atomic mass is 9.52. The zero-order valence-electron chi connectivity index (χ0n) is 16.2. The van der Waals surface area contributed by atoms with Crippen molar-refractivity contribution >= 4 is 11.4 Å². The van der Waals surface area contributed by atoms with Gasteiger partial charge in [-0.2, -0.15) is 5.10 Å². The lowest BCUT2D eigenvalue weighted by molar-refractivity contribution is 0.0480. The lowest BCUT2D eigenvalue weighted by Gasteiger charge is -2.53. The Balaban J connectivity index is 1.27. The number of benzene rings is 1. The molecule has 2 bridgehead atoms. The van der Waals surface area contributed by atoms with Gasteiger partial charge in [-0.25, -0.2) is 4.85 Å². The van der Waals surface area contributed by atoms with Gasteiger partial charge in [0.25, 0.3) is 0 Å². The van der Waals surface area contributed by atoms with Crippen LogP contribution in [0.1, 0.15) is 68.7 Å². The van der Waals surface area contributed by atoms with Crippen LogP contribution in [0.3, 0.4) is 0 Å². The Labute approximate surface area is 161 Å². The zero-order valence-corrected chi connectivity index (χ0v) is 16.2. The Kier molecular flexibility index (Phi) is 3.82. The van der Waals surface area contributed by atoms with Gasteiger partial charge < -0.3 is 5.32 Å². The highest BCUT2D eigenvalue weighted by Gasteiger charge is 2.50. The van der Waals surface area contributed by atoms with Crippen molar-refractivity contribution < 1.29 is 0 Å². The lowest BCUT2D eigenvalue weighted by Crippen LogP contribution is -2.47. The van der Waals surface area contributed by atoms with E-state index in [4.69, 9.17) is 11.7 Å². The van der Waals surface area contributed by atoms with E-state index in [0.717, 1.165) is 18.2 Å². The summed E-state index contributed by atoms with van der Waals surface area (Å²) < 4.78 is 2.16. The van der Waals surface area contributed by atoms with Crippen molar-refractivity contribution in [1.29, 1.82) is 0 Å². The molecule has 140 valence electrons. The summed E-state index contributed by atoms with van der Waals surface area (Å²) in [6.07, 6.45) is 10.4. The molecule has 1 N–H and O–H groups in total. The van der Waals surface area contributed by atoms with Gasteiger partial charge in [-0.1, -0.05) is 12.1 Å². The van der Waals surface area contributed by atoms with Gasteiger partial charge in [-0.05, 0) is 75.0 Å². The Hall–Kier alpha value is -2.28. The third kappa shape index (κ3) is 2.94. The summed E-state index contributed by atoms with van der Waals surface area (Å²) in [5, 5.41) is 8.60. The van der Waals surface area contributed by atoms with Crippen molar-refractivity contribution in [2.24, 2.45) is 12.5 Å². The molecule has 0 amide bonds. The van der Waals surface area contributed by atoms with E-state index in [1.807, 2.05) is 18.2 Å². The molecule has 0 atom stereocenters. The number of aryl methyl sites for hydroxylation is 1. The fraction of sp³-hybridized carbons (Fsp3) is 0.565. The number of hydrogen-bond acceptors (Lipinski definition) is 2. The van der Waals surface area contributed by atoms with Crippen molar-refractivity contribution in [3.8, 4) is 0 Å². The van der Waals surface area contributed by atoms with Gasteiger partial charge in [0.05, 0.1) is 12.3 Å². The standard InChI is InChI=1S/C23H28N4/c1-24-18-4-3-5-19(14-18)25-16-22-8-11-23(12-9-22,13-10-22)21-15-20(17-6-7-17)27(2)26-21/h3-5,14-15,17,25H,6-13,16H2,2H3. The molecule has 1 aromatic carbocycles. The quantitative estimate of drug-likeness (QED) is 0.709. The van der Waals surface area contributed by atoms with E-state index in [1.165, 1.54) is 62.8 Å². The second-order valence-corrected chi connectivity index (χ2v) is 9.15. The molecule has 4 nitrogen and oxygen atoms in total. The molecule has 1 aromatic heterocycles. The Morgan fingerprint density at radius 2 is 1.89 bits per heavy atom. The van der Waals surface area contributed by atoms with Crippen LogP contribution >= 0.6 is 0 Å². The molecule has 0 radical (unpaired) electrons. The normalized spacial score (nSPS) is 29.5. The number of anilines is 1. The first-order valence-electron chi connectivity index (χ1n) is 10.4. The van der Waals surface area contributed by atoms with E-state index in [-0.39, 0.29) is 0 Å². The largest absolute Gasteiger partial charge is 0.386 e. The maximum Gasteiger partial charge on any atom is 0.189 e. The van der Waals surface area contributed by atoms with Gasteiger partial charge >= 0.3 is 0 Å². The van der Waals surface area contributed by atoms with Crippen LogP contribution in [-0.2, 0) is 12.5 Å². The summed E-state index contributed by atoms with van der Waals surface area (Å²) >= 11 is 0. The number of rotatable bonds is 5. The predicted molar refractivity (Wildman–Crippen MR) is 108 cm³/mol. The van der Waals surface area contributed by atoms with E-state index in [0.29, 0.717) is 16.5 Å². The van der Waals surface area contributed by atoms with Crippen LogP contribution in [0.15, 0.2) is 30.3 Å². The van der Waals surface area contributed by atoms with Crippen LogP contribution < -0.4 is 5.32 Å². The van der Waals surface area contributed by atoms with Crippen LogP contribution in [0, 0.1) is 12.0 Å². The summed E-state index contributed by atoms with van der Waals surface area (Å²) in [5.74, 6) is 0.773. The monoisotopic (exact) mass is 360 g/mol. The molecule has 4 aliphatic carbocycles. The van der Waals surface area contributed by atoms with Crippen molar-refractivity contribution in [3.63, 3.8) is 0 Å². The number of nitrogens with zero attached hydrogens (tertiary/aromatic N) is 3. The molecule has 0 aliphatic heterocycles. The second kappa shape index (κ2) is 6.12. The second-order valence-electron chi connectivity index (χ2n) is 9.15. The maximum absolute atomic E-state index is 7.19. The van der Waals surface area contributed by atoms with E-state index >= 15 is 0 Å². The highest BCUT2D eigenvalue weighted by molar-refractivity contribution is 5.57. The first-order valence-corrected chi connectivity index (χ1v) is 10.4. The summed E-state index contributed by atoms with van der Waals surface area (Å²) in [7, 11) is 2.13. The first kappa shape index (κ1) is 16.9. The van der Waals surface area contributed by atoms with Gasteiger partial charge in [0.15, 0.2) is 5.69 Å². The van der Waals surface area contributed by atoms with Crippen molar-refractivity contribution in [3.05, 3.63) is 53.1 Å². The van der Waals surface area contributed by atoms with Crippen LogP contribution in [0.2, 0.25) is 0 Å². The Morgan fingerprint density at radius 1 is 1.15 bits per heavy atom. The highest BCUT2D eigenvalue weighted by atomic mass is 15.3. The minimum absolute atomic E-state index is 0.330. The maximum atomic E-state index is 7.19. The Bertz CT molecular complexity index is 875. The summed E-state index contributed by atoms with van der Waals surface area (Å²) in [4.78, 5) is 3.54. The van der Waals surface area contributed by atoms with E-state index in [1.54, 1.807) is 0 Å². The van der Waals surface area contributed by atoms with Crippen molar-refractivity contribution in [1.82, 2.24) is 9.78 Å². The van der Waals surface area contributed by atoms with Gasteiger partial charge in [0, 0.05) is 36.3 Å². The van der Waals surface area contributed by atoms with E-state index in [9.17, 15) is 0 Å². The van der Waals surface area contributed by atoms with Crippen LogP contribution in [0.4, 0.5) is 11.4 Å². The third-order valence-electron chi connectivity index (χ3n) is 7.50. The topological polar surface area (TPSA) is 34.2 Å². The van der Waals surface area contributed by atoms with Crippen LogP contribution in [0.5, 0.6) is 0 Å². The van der Waals surface area contributed by atoms with Gasteiger partial charge in [0.1, 0.15) is 0 Å². The van der Waals surface area contributed by atoms with E-state index < -0.39 is 0 Å². The molecule has 2 aromatic rings. The molecule has 27 heavy (non-hydrogen) atoms. The summed E-state index contributed by atoms with van der Waals surface area (Å²) in [6.45, 7) is 8.22. The smallest absolute Gasteiger partial charge is 0.189 e. The minimum Gasteiger partial charge on any atom is -0.386 e. The van der Waals surface area contributed by atoms with E-state index in [2.05, 4.69) is 34.0 Å². The summed E-state index contributed by atoms with van der Waals surface area (Å²) in [6, 6.07) is 10.3. The number of hydrogen-bond donors (Lipinski definition) is 1. The number of aromatic nitrogens is 2. The van der Waals surface area contributed by atoms with Crippen molar-refractivity contribution in [2.45, 2.75) is 62.7 Å². The molecule has 4 saturated carbocycles. The Morgan fingerprint density at radius 3 is 2.56 bits per heavy atom. The van der Waals surface area contributed by atoms with Crippen molar-refractivity contribution in [2.75, 3.05) is 11.9 Å². The zero-order chi connectivity index (χ0) is 18.5. The van der Waals surface area contributed by atoms with Crippen LogP contribution in [0.25, 0.3) is 4.85 Å². The minimum atomic E-state index is 0.330. The SMILES string of the molecule is [C-]#[N+]c1cccc(NCC23CCC(c4cc(C5CC5)n(C)n4)(CC2)CC3)c1.